The van der Waals surface area contributed by atoms with E-state index in [1.807, 2.05) is 43.5 Å². The van der Waals surface area contributed by atoms with E-state index >= 15 is 0 Å². The van der Waals surface area contributed by atoms with Crippen LogP contribution < -0.4 is 5.73 Å². The summed E-state index contributed by atoms with van der Waals surface area (Å²) in [6.45, 7) is 1.99. The maximum atomic E-state index is 12.6. The van der Waals surface area contributed by atoms with E-state index in [0.29, 0.717) is 6.42 Å². The number of benzene rings is 1. The molecule has 21 heavy (non-hydrogen) atoms. The minimum Gasteiger partial charge on any atom is -0.409 e. The standard InChI is InChI=1S/C15H23N3O2S/c1-11(10-21-3)18(2)15(19)13(14(16)17-20)9-12-7-5-4-6-8-12/h4-8,11,13,20H,9-10H2,1-3H3,(H2,16,17). The summed E-state index contributed by atoms with van der Waals surface area (Å²) in [5, 5.41) is 12.0. The molecule has 2 unspecified atom stereocenters. The van der Waals surface area contributed by atoms with Crippen LogP contribution in [0.4, 0.5) is 0 Å². The Morgan fingerprint density at radius 1 is 1.43 bits per heavy atom. The van der Waals surface area contributed by atoms with Gasteiger partial charge in [-0.3, -0.25) is 4.79 Å². The molecular formula is C15H23N3O2S. The number of hydrogen-bond donors (Lipinski definition) is 2. The van der Waals surface area contributed by atoms with Crippen molar-refractivity contribution in [3.63, 3.8) is 0 Å². The number of nitrogens with two attached hydrogens (primary N) is 1. The highest BCUT2D eigenvalue weighted by molar-refractivity contribution is 7.98. The molecule has 0 fully saturated rings. The van der Waals surface area contributed by atoms with Crippen LogP contribution in [0, 0.1) is 5.92 Å². The van der Waals surface area contributed by atoms with Gasteiger partial charge in [0.2, 0.25) is 5.91 Å². The zero-order chi connectivity index (χ0) is 15.8. The van der Waals surface area contributed by atoms with E-state index in [2.05, 4.69) is 5.16 Å². The molecule has 1 rings (SSSR count). The van der Waals surface area contributed by atoms with Gasteiger partial charge in [0.25, 0.3) is 0 Å². The minimum atomic E-state index is -0.647. The average Bonchev–Trinajstić information content (AvgIpc) is 2.51. The first-order valence-corrected chi connectivity index (χ1v) is 8.17. The summed E-state index contributed by atoms with van der Waals surface area (Å²) in [5.74, 6) is 0.0191. The van der Waals surface area contributed by atoms with Crippen molar-refractivity contribution in [1.82, 2.24) is 4.90 Å². The lowest BCUT2D eigenvalue weighted by Crippen LogP contribution is -2.45. The second-order valence-corrected chi connectivity index (χ2v) is 5.93. The molecule has 0 bridgehead atoms. The second kappa shape index (κ2) is 8.56. The van der Waals surface area contributed by atoms with Crippen LogP contribution in [0.15, 0.2) is 35.5 Å². The number of amidine groups is 1. The molecule has 0 radical (unpaired) electrons. The van der Waals surface area contributed by atoms with E-state index in [-0.39, 0.29) is 17.8 Å². The fraction of sp³-hybridized carbons (Fsp3) is 0.467. The summed E-state index contributed by atoms with van der Waals surface area (Å²) in [5.41, 5.74) is 6.71. The molecule has 0 aliphatic heterocycles. The summed E-state index contributed by atoms with van der Waals surface area (Å²) >= 11 is 1.68. The van der Waals surface area contributed by atoms with Gasteiger partial charge in [0.05, 0.1) is 0 Å². The Hall–Kier alpha value is -1.69. The van der Waals surface area contributed by atoms with E-state index in [1.165, 1.54) is 0 Å². The van der Waals surface area contributed by atoms with E-state index in [1.54, 1.807) is 23.7 Å². The van der Waals surface area contributed by atoms with Crippen LogP contribution in [0.5, 0.6) is 0 Å². The normalized spacial score (nSPS) is 14.5. The molecule has 1 aromatic rings. The predicted molar refractivity (Wildman–Crippen MR) is 87.7 cm³/mol. The highest BCUT2D eigenvalue weighted by Crippen LogP contribution is 2.14. The molecule has 0 saturated heterocycles. The van der Waals surface area contributed by atoms with Gasteiger partial charge in [-0.2, -0.15) is 11.8 Å². The molecule has 6 heteroatoms. The quantitative estimate of drug-likeness (QED) is 0.348. The topological polar surface area (TPSA) is 78.9 Å². The van der Waals surface area contributed by atoms with Crippen LogP contribution in [0.3, 0.4) is 0 Å². The number of thioether (sulfide) groups is 1. The van der Waals surface area contributed by atoms with Crippen LogP contribution in [0.1, 0.15) is 12.5 Å². The van der Waals surface area contributed by atoms with Gasteiger partial charge in [-0.15, -0.1) is 0 Å². The van der Waals surface area contributed by atoms with Gasteiger partial charge in [-0.05, 0) is 25.2 Å². The maximum absolute atomic E-state index is 12.6. The lowest BCUT2D eigenvalue weighted by Gasteiger charge is -2.28. The highest BCUT2D eigenvalue weighted by atomic mass is 32.2. The number of carbonyl (C=O) groups is 1. The van der Waals surface area contributed by atoms with Crippen molar-refractivity contribution in [2.24, 2.45) is 16.8 Å². The van der Waals surface area contributed by atoms with Gasteiger partial charge in [-0.25, -0.2) is 0 Å². The molecule has 0 aliphatic rings. The second-order valence-electron chi connectivity index (χ2n) is 5.02. The third-order valence-electron chi connectivity index (χ3n) is 3.47. The van der Waals surface area contributed by atoms with Gasteiger partial charge >= 0.3 is 0 Å². The highest BCUT2D eigenvalue weighted by Gasteiger charge is 2.28. The van der Waals surface area contributed by atoms with E-state index in [9.17, 15) is 4.79 Å². The maximum Gasteiger partial charge on any atom is 0.233 e. The average molecular weight is 309 g/mol. The predicted octanol–water partition coefficient (Wildman–Crippen LogP) is 1.80. The number of amides is 1. The summed E-state index contributed by atoms with van der Waals surface area (Å²) in [6, 6.07) is 9.67. The molecule has 0 aliphatic carbocycles. The first-order chi connectivity index (χ1) is 10.0. The molecule has 0 aromatic heterocycles. The third kappa shape index (κ3) is 4.97. The van der Waals surface area contributed by atoms with Gasteiger partial charge < -0.3 is 15.8 Å². The smallest absolute Gasteiger partial charge is 0.233 e. The Bertz CT molecular complexity index is 479. The minimum absolute atomic E-state index is 0.0490. The Kier molecular flexibility index (Phi) is 7.08. The molecule has 116 valence electrons. The van der Waals surface area contributed by atoms with Crippen LogP contribution in [-0.4, -0.2) is 46.9 Å². The van der Waals surface area contributed by atoms with Crippen LogP contribution >= 0.6 is 11.8 Å². The lowest BCUT2D eigenvalue weighted by atomic mass is 9.96. The van der Waals surface area contributed by atoms with Crippen molar-refractivity contribution >= 4 is 23.5 Å². The Morgan fingerprint density at radius 2 is 2.05 bits per heavy atom. The Labute approximate surface area is 130 Å². The summed E-state index contributed by atoms with van der Waals surface area (Å²) in [4.78, 5) is 14.3. The van der Waals surface area contributed by atoms with Gasteiger partial charge in [-0.1, -0.05) is 35.5 Å². The van der Waals surface area contributed by atoms with Crippen molar-refractivity contribution in [3.05, 3.63) is 35.9 Å². The van der Waals surface area contributed by atoms with Crippen molar-refractivity contribution in [1.29, 1.82) is 0 Å². The SMILES string of the molecule is CSCC(C)N(C)C(=O)C(Cc1ccccc1)/C(N)=N/O. The molecular weight excluding hydrogens is 286 g/mol. The molecule has 1 amide bonds. The largest absolute Gasteiger partial charge is 0.409 e. The molecule has 5 nitrogen and oxygen atoms in total. The lowest BCUT2D eigenvalue weighted by molar-refractivity contribution is -0.133. The molecule has 2 atom stereocenters. The Morgan fingerprint density at radius 3 is 2.57 bits per heavy atom. The number of hydrogen-bond acceptors (Lipinski definition) is 4. The van der Waals surface area contributed by atoms with Crippen LogP contribution in [-0.2, 0) is 11.2 Å². The summed E-state index contributed by atoms with van der Waals surface area (Å²) < 4.78 is 0. The number of oxime groups is 1. The van der Waals surface area contributed by atoms with E-state index in [4.69, 9.17) is 10.9 Å². The van der Waals surface area contributed by atoms with Crippen molar-refractivity contribution < 1.29 is 10.0 Å². The van der Waals surface area contributed by atoms with Gasteiger partial charge in [0.1, 0.15) is 5.92 Å². The zero-order valence-corrected chi connectivity index (χ0v) is 13.5. The monoisotopic (exact) mass is 309 g/mol. The molecule has 0 heterocycles. The summed E-state index contributed by atoms with van der Waals surface area (Å²) in [6.07, 6.45) is 2.42. The van der Waals surface area contributed by atoms with Crippen LogP contribution in [0.25, 0.3) is 0 Å². The van der Waals surface area contributed by atoms with Crippen LogP contribution in [0.2, 0.25) is 0 Å². The Balaban J connectivity index is 2.90. The first kappa shape index (κ1) is 17.4. The van der Waals surface area contributed by atoms with Gasteiger partial charge in [0, 0.05) is 18.8 Å². The first-order valence-electron chi connectivity index (χ1n) is 6.78. The molecule has 0 saturated carbocycles. The molecule has 3 N–H and O–H groups in total. The van der Waals surface area contributed by atoms with Crippen molar-refractivity contribution in [2.75, 3.05) is 19.1 Å². The molecule has 1 aromatic carbocycles. The third-order valence-corrected chi connectivity index (χ3v) is 4.29. The van der Waals surface area contributed by atoms with Crippen molar-refractivity contribution in [2.45, 2.75) is 19.4 Å². The van der Waals surface area contributed by atoms with E-state index in [0.717, 1.165) is 11.3 Å². The fourth-order valence-electron chi connectivity index (χ4n) is 2.05. The van der Waals surface area contributed by atoms with Crippen molar-refractivity contribution in [3.8, 4) is 0 Å². The molecule has 0 spiro atoms. The zero-order valence-electron chi connectivity index (χ0n) is 12.7. The number of carbonyl (C=O) groups excluding carboxylic acids is 1. The van der Waals surface area contributed by atoms with Gasteiger partial charge in [0.15, 0.2) is 5.84 Å². The summed E-state index contributed by atoms with van der Waals surface area (Å²) in [7, 11) is 1.76. The number of nitrogens with zero attached hydrogens (tertiary/aromatic N) is 2. The van der Waals surface area contributed by atoms with E-state index < -0.39 is 5.92 Å². The number of rotatable bonds is 7. The fourth-order valence-corrected chi connectivity index (χ4v) is 2.76.